The molecule has 1 aliphatic rings. The number of hydrogen-bond acceptors (Lipinski definition) is 7. The third-order valence-corrected chi connectivity index (χ3v) is 6.84. The molecule has 152 valence electrons. The Morgan fingerprint density at radius 2 is 1.60 bits per heavy atom. The number of benzene rings is 2. The minimum atomic E-state index is -0.783. The third-order valence-electron chi connectivity index (χ3n) is 4.94. The molecule has 2 aromatic carbocycles. The largest absolute Gasteiger partial charge is 0.507 e. The number of amides is 1. The van der Waals surface area contributed by atoms with E-state index in [-0.39, 0.29) is 11.3 Å². The van der Waals surface area contributed by atoms with Crippen molar-refractivity contribution in [3.05, 3.63) is 76.4 Å². The van der Waals surface area contributed by atoms with Crippen molar-refractivity contribution in [1.82, 2.24) is 10.2 Å². The molecule has 1 aliphatic heterocycles. The lowest BCUT2D eigenvalue weighted by molar-refractivity contribution is -0.132. The number of hydrogen-bond donors (Lipinski definition) is 1. The van der Waals surface area contributed by atoms with Crippen molar-refractivity contribution < 1.29 is 14.7 Å². The molecule has 0 saturated carbocycles. The van der Waals surface area contributed by atoms with E-state index < -0.39 is 17.7 Å². The maximum Gasteiger partial charge on any atom is 0.301 e. The number of aryl methyl sites for hydroxylation is 2. The summed E-state index contributed by atoms with van der Waals surface area (Å²) in [5.41, 5.74) is 3.33. The van der Waals surface area contributed by atoms with E-state index in [1.165, 1.54) is 28.0 Å². The van der Waals surface area contributed by atoms with Crippen molar-refractivity contribution in [3.8, 4) is 0 Å². The molecular weight excluding hydrogens is 418 g/mol. The summed E-state index contributed by atoms with van der Waals surface area (Å²) in [6.45, 7) is 3.90. The van der Waals surface area contributed by atoms with E-state index in [9.17, 15) is 14.7 Å². The predicted molar refractivity (Wildman–Crippen MR) is 119 cm³/mol. The second-order valence-electron chi connectivity index (χ2n) is 7.00. The Morgan fingerprint density at radius 3 is 2.17 bits per heavy atom. The van der Waals surface area contributed by atoms with Crippen molar-refractivity contribution in [2.45, 2.75) is 24.2 Å². The van der Waals surface area contributed by atoms with Crippen LogP contribution in [0, 0.1) is 13.8 Å². The van der Waals surface area contributed by atoms with Crippen molar-refractivity contribution in [2.75, 3.05) is 11.2 Å². The van der Waals surface area contributed by atoms with Gasteiger partial charge in [-0.05, 0) is 25.7 Å². The van der Waals surface area contributed by atoms with Gasteiger partial charge >= 0.3 is 5.91 Å². The number of aliphatic hydroxyl groups is 1. The van der Waals surface area contributed by atoms with Gasteiger partial charge in [-0.15, -0.1) is 10.2 Å². The zero-order chi connectivity index (χ0) is 21.4. The number of ketones is 1. The summed E-state index contributed by atoms with van der Waals surface area (Å²) in [6, 6.07) is 13.9. The standard InChI is InChI=1S/C22H19N3O3S2/c1-12-4-8-14(9-5-12)17-16(18(26)15-10-6-13(2)7-11-15)19(27)20(28)25(17)21-23-24-22(29-3)30-21/h4-11,17,26H,1-3H3/b18-16+/t17-/m0/s1. The summed E-state index contributed by atoms with van der Waals surface area (Å²) in [5, 5.41) is 19.6. The summed E-state index contributed by atoms with van der Waals surface area (Å²) >= 11 is 2.65. The lowest BCUT2D eigenvalue weighted by atomic mass is 9.94. The predicted octanol–water partition coefficient (Wildman–Crippen LogP) is 4.50. The summed E-state index contributed by atoms with van der Waals surface area (Å²) < 4.78 is 0.688. The van der Waals surface area contributed by atoms with Crippen LogP contribution in [-0.4, -0.2) is 33.3 Å². The van der Waals surface area contributed by atoms with Crippen molar-refractivity contribution in [2.24, 2.45) is 0 Å². The van der Waals surface area contributed by atoms with Gasteiger partial charge in [0.05, 0.1) is 11.6 Å². The first-order chi connectivity index (χ1) is 14.4. The molecule has 3 aromatic rings. The van der Waals surface area contributed by atoms with Crippen molar-refractivity contribution in [1.29, 1.82) is 0 Å². The highest BCUT2D eigenvalue weighted by Crippen LogP contribution is 2.43. The van der Waals surface area contributed by atoms with Crippen LogP contribution in [0.25, 0.3) is 5.76 Å². The first-order valence-electron chi connectivity index (χ1n) is 9.23. The van der Waals surface area contributed by atoms with Gasteiger partial charge in [0.25, 0.3) is 5.78 Å². The first-order valence-corrected chi connectivity index (χ1v) is 11.3. The summed E-state index contributed by atoms with van der Waals surface area (Å²) in [5.74, 6) is -1.66. The Labute approximate surface area is 182 Å². The number of carbonyl (C=O) groups excluding carboxylic acids is 2. The van der Waals surface area contributed by atoms with Crippen LogP contribution in [0.2, 0.25) is 0 Å². The fourth-order valence-corrected chi connectivity index (χ4v) is 4.63. The molecule has 30 heavy (non-hydrogen) atoms. The highest BCUT2D eigenvalue weighted by atomic mass is 32.2. The van der Waals surface area contributed by atoms with Crippen LogP contribution in [0.1, 0.15) is 28.3 Å². The summed E-state index contributed by atoms with van der Waals surface area (Å²) in [6.07, 6.45) is 1.87. The molecule has 1 saturated heterocycles. The number of Topliss-reactive ketones (excluding diaryl/α,β-unsaturated/α-hetero) is 1. The van der Waals surface area contributed by atoms with E-state index in [1.54, 1.807) is 12.1 Å². The smallest absolute Gasteiger partial charge is 0.301 e. The molecule has 1 amide bonds. The van der Waals surface area contributed by atoms with E-state index in [1.807, 2.05) is 56.5 Å². The SMILES string of the molecule is CSc1nnc(N2C(=O)C(=O)/C(=C(/O)c3ccc(C)cc3)[C@@H]2c2ccc(C)cc2)s1. The molecule has 1 atom stereocenters. The van der Waals surface area contributed by atoms with Gasteiger partial charge in [-0.1, -0.05) is 82.8 Å². The molecule has 0 aliphatic carbocycles. The number of thioether (sulfide) groups is 1. The quantitative estimate of drug-likeness (QED) is 0.213. The molecule has 4 rings (SSSR count). The van der Waals surface area contributed by atoms with Gasteiger partial charge in [-0.25, -0.2) is 0 Å². The van der Waals surface area contributed by atoms with Crippen LogP contribution in [-0.2, 0) is 9.59 Å². The topological polar surface area (TPSA) is 83.4 Å². The molecular formula is C22H19N3O3S2. The first kappa shape index (κ1) is 20.3. The molecule has 0 spiro atoms. The van der Waals surface area contributed by atoms with Crippen molar-refractivity contribution >= 4 is 45.7 Å². The molecule has 1 fully saturated rings. The normalized spacial score (nSPS) is 18.2. The molecule has 1 N–H and O–H groups in total. The van der Waals surface area contributed by atoms with Gasteiger partial charge < -0.3 is 5.11 Å². The summed E-state index contributed by atoms with van der Waals surface area (Å²) in [4.78, 5) is 27.4. The maximum atomic E-state index is 13.0. The van der Waals surface area contributed by atoms with Crippen LogP contribution < -0.4 is 4.90 Å². The lowest BCUT2D eigenvalue weighted by Gasteiger charge is -2.22. The van der Waals surface area contributed by atoms with E-state index in [0.717, 1.165) is 16.7 Å². The zero-order valence-corrected chi connectivity index (χ0v) is 18.3. The van der Waals surface area contributed by atoms with Gasteiger partial charge in [0.2, 0.25) is 5.13 Å². The number of nitrogens with zero attached hydrogens (tertiary/aromatic N) is 3. The monoisotopic (exact) mass is 437 g/mol. The molecule has 0 bridgehead atoms. The van der Waals surface area contributed by atoms with Crippen LogP contribution in [0.4, 0.5) is 5.13 Å². The van der Waals surface area contributed by atoms with E-state index >= 15 is 0 Å². The van der Waals surface area contributed by atoms with E-state index in [0.29, 0.717) is 15.0 Å². The molecule has 0 unspecified atom stereocenters. The second kappa shape index (κ2) is 8.04. The van der Waals surface area contributed by atoms with Crippen LogP contribution >= 0.6 is 23.1 Å². The Hall–Kier alpha value is -2.97. The minimum Gasteiger partial charge on any atom is -0.507 e. The molecule has 0 radical (unpaired) electrons. The van der Waals surface area contributed by atoms with Gasteiger partial charge in [-0.3, -0.25) is 14.5 Å². The summed E-state index contributed by atoms with van der Waals surface area (Å²) in [7, 11) is 0. The number of aromatic nitrogens is 2. The van der Waals surface area contributed by atoms with Gasteiger partial charge in [0, 0.05) is 5.56 Å². The van der Waals surface area contributed by atoms with Gasteiger partial charge in [0.15, 0.2) is 4.34 Å². The number of rotatable bonds is 4. The number of aliphatic hydroxyl groups excluding tert-OH is 1. The van der Waals surface area contributed by atoms with Crippen LogP contribution in [0.3, 0.4) is 0 Å². The average Bonchev–Trinajstić information content (AvgIpc) is 3.31. The molecule has 2 heterocycles. The number of carbonyl (C=O) groups is 2. The average molecular weight is 438 g/mol. The zero-order valence-electron chi connectivity index (χ0n) is 16.6. The Kier molecular flexibility index (Phi) is 5.44. The van der Waals surface area contributed by atoms with Crippen LogP contribution in [0.15, 0.2) is 58.4 Å². The Balaban J connectivity index is 1.92. The Morgan fingerprint density at radius 1 is 1.00 bits per heavy atom. The van der Waals surface area contributed by atoms with Gasteiger partial charge in [-0.2, -0.15) is 0 Å². The fraction of sp³-hybridized carbons (Fsp3) is 0.182. The highest BCUT2D eigenvalue weighted by Gasteiger charge is 2.48. The highest BCUT2D eigenvalue weighted by molar-refractivity contribution is 8.00. The maximum absolute atomic E-state index is 13.0. The fourth-order valence-electron chi connectivity index (χ4n) is 3.34. The van der Waals surface area contributed by atoms with Crippen LogP contribution in [0.5, 0.6) is 0 Å². The third kappa shape index (κ3) is 3.53. The number of anilines is 1. The van der Waals surface area contributed by atoms with E-state index in [2.05, 4.69) is 10.2 Å². The van der Waals surface area contributed by atoms with E-state index in [4.69, 9.17) is 0 Å². The molecule has 1 aromatic heterocycles. The molecule has 8 heteroatoms. The minimum absolute atomic E-state index is 0.0496. The molecule has 6 nitrogen and oxygen atoms in total. The second-order valence-corrected chi connectivity index (χ2v) is 9.01. The van der Waals surface area contributed by atoms with Crippen molar-refractivity contribution in [3.63, 3.8) is 0 Å². The lowest BCUT2D eigenvalue weighted by Crippen LogP contribution is -2.29. The Bertz CT molecular complexity index is 1150. The van der Waals surface area contributed by atoms with Gasteiger partial charge in [0.1, 0.15) is 5.76 Å².